The summed E-state index contributed by atoms with van der Waals surface area (Å²) >= 11 is 0. The maximum absolute atomic E-state index is 12.0. The Labute approximate surface area is 132 Å². The smallest absolute Gasteiger partial charge is 0.422 e. The zero-order valence-corrected chi connectivity index (χ0v) is 13.0. The van der Waals surface area contributed by atoms with Crippen molar-refractivity contribution in [3.05, 3.63) is 74.6 Å². The lowest BCUT2D eigenvalue weighted by atomic mass is 10.1. The van der Waals surface area contributed by atoms with Crippen molar-refractivity contribution in [2.75, 3.05) is 6.61 Å². The maximum Gasteiger partial charge on any atom is 0.422 e. The van der Waals surface area contributed by atoms with Gasteiger partial charge in [0.25, 0.3) is 0 Å². The average Bonchev–Trinajstić information content (AvgIpc) is 2.51. The van der Waals surface area contributed by atoms with Gasteiger partial charge in [-0.05, 0) is 43.2 Å². The molecular formula is C18H17NO4. The zero-order valence-electron chi connectivity index (χ0n) is 13.0. The van der Waals surface area contributed by atoms with Crippen LogP contribution in [0.25, 0.3) is 10.9 Å². The minimum atomic E-state index is -0.662. The van der Waals surface area contributed by atoms with Gasteiger partial charge in [0.2, 0.25) is 0 Å². The molecule has 1 heterocycles. The van der Waals surface area contributed by atoms with E-state index in [4.69, 9.17) is 9.15 Å². The van der Waals surface area contributed by atoms with E-state index in [1.165, 1.54) is 4.57 Å². The van der Waals surface area contributed by atoms with Crippen molar-refractivity contribution < 1.29 is 9.15 Å². The molecule has 23 heavy (non-hydrogen) atoms. The summed E-state index contributed by atoms with van der Waals surface area (Å²) in [5.74, 6) is 0.0844. The summed E-state index contributed by atoms with van der Waals surface area (Å²) in [6.07, 6.45) is 0. The van der Waals surface area contributed by atoms with Crippen LogP contribution in [-0.4, -0.2) is 11.2 Å². The lowest BCUT2D eigenvalue weighted by Crippen LogP contribution is -2.27. The van der Waals surface area contributed by atoms with Crippen molar-refractivity contribution in [2.24, 2.45) is 0 Å². The van der Waals surface area contributed by atoms with Gasteiger partial charge in [-0.1, -0.05) is 24.3 Å². The second-order valence-electron chi connectivity index (χ2n) is 5.44. The van der Waals surface area contributed by atoms with E-state index in [1.807, 2.05) is 44.2 Å². The van der Waals surface area contributed by atoms with Crippen molar-refractivity contribution in [1.29, 1.82) is 0 Å². The van der Waals surface area contributed by atoms with Gasteiger partial charge >= 0.3 is 11.4 Å². The molecule has 0 aliphatic carbocycles. The van der Waals surface area contributed by atoms with Crippen molar-refractivity contribution in [3.8, 4) is 5.75 Å². The van der Waals surface area contributed by atoms with Crippen molar-refractivity contribution in [2.45, 2.75) is 20.4 Å². The molecule has 0 saturated heterocycles. The molecular weight excluding hydrogens is 294 g/mol. The highest BCUT2D eigenvalue weighted by molar-refractivity contribution is 5.80. The number of aromatic nitrogens is 1. The predicted molar refractivity (Wildman–Crippen MR) is 88.2 cm³/mol. The summed E-state index contributed by atoms with van der Waals surface area (Å²) in [5, 5.41) is 0.403. The third-order valence-electron chi connectivity index (χ3n) is 3.70. The minimum Gasteiger partial charge on any atom is -0.492 e. The summed E-state index contributed by atoms with van der Waals surface area (Å²) in [6.45, 7) is 4.46. The first-order valence-electron chi connectivity index (χ1n) is 7.39. The monoisotopic (exact) mass is 311 g/mol. The average molecular weight is 311 g/mol. The number of fused-ring (bicyclic) bond motifs is 1. The van der Waals surface area contributed by atoms with Crippen molar-refractivity contribution >= 4 is 10.9 Å². The summed E-state index contributed by atoms with van der Waals surface area (Å²) < 4.78 is 11.9. The highest BCUT2D eigenvalue weighted by Crippen LogP contribution is 2.15. The van der Waals surface area contributed by atoms with Crippen LogP contribution in [0.5, 0.6) is 5.75 Å². The van der Waals surface area contributed by atoms with Gasteiger partial charge in [-0.25, -0.2) is 9.59 Å². The van der Waals surface area contributed by atoms with E-state index in [-0.39, 0.29) is 0 Å². The van der Waals surface area contributed by atoms with Gasteiger partial charge in [-0.15, -0.1) is 0 Å². The first kappa shape index (κ1) is 15.1. The van der Waals surface area contributed by atoms with E-state index in [9.17, 15) is 9.59 Å². The van der Waals surface area contributed by atoms with Gasteiger partial charge in [0.05, 0.1) is 17.4 Å². The maximum atomic E-state index is 12.0. The number of para-hydroxylation sites is 1. The van der Waals surface area contributed by atoms with Crippen LogP contribution in [0.2, 0.25) is 0 Å². The predicted octanol–water partition coefficient (Wildman–Crippen LogP) is 2.65. The normalized spacial score (nSPS) is 10.9. The highest BCUT2D eigenvalue weighted by Gasteiger charge is 2.11. The summed E-state index contributed by atoms with van der Waals surface area (Å²) in [5.41, 5.74) is 1.95. The molecule has 0 radical (unpaired) electrons. The van der Waals surface area contributed by atoms with Gasteiger partial charge in [0, 0.05) is 0 Å². The molecule has 0 N–H and O–H groups in total. The van der Waals surface area contributed by atoms with Crippen LogP contribution < -0.4 is 16.1 Å². The first-order chi connectivity index (χ1) is 11.1. The third-order valence-corrected chi connectivity index (χ3v) is 3.70. The Balaban J connectivity index is 1.91. The molecule has 0 aliphatic rings. The van der Waals surface area contributed by atoms with Crippen LogP contribution in [-0.2, 0) is 6.54 Å². The van der Waals surface area contributed by atoms with Crippen LogP contribution in [0, 0.1) is 13.8 Å². The topological polar surface area (TPSA) is 61.4 Å². The first-order valence-corrected chi connectivity index (χ1v) is 7.39. The summed E-state index contributed by atoms with van der Waals surface area (Å²) in [7, 11) is 0. The van der Waals surface area contributed by atoms with E-state index in [0.29, 0.717) is 24.1 Å². The molecule has 0 atom stereocenters. The Morgan fingerprint density at radius 3 is 2.65 bits per heavy atom. The Bertz CT molecular complexity index is 969. The molecule has 5 nitrogen and oxygen atoms in total. The van der Waals surface area contributed by atoms with E-state index >= 15 is 0 Å². The molecule has 5 heteroatoms. The molecule has 2 aromatic carbocycles. The van der Waals surface area contributed by atoms with Crippen LogP contribution in [0.4, 0.5) is 0 Å². The molecule has 0 unspecified atom stereocenters. The van der Waals surface area contributed by atoms with E-state index in [1.54, 1.807) is 12.1 Å². The van der Waals surface area contributed by atoms with Crippen molar-refractivity contribution in [1.82, 2.24) is 4.57 Å². The minimum absolute atomic E-state index is 0.303. The molecule has 0 amide bonds. The fraction of sp³-hybridized carbons (Fsp3) is 0.222. The molecule has 1 aromatic heterocycles. The molecule has 3 rings (SSSR count). The fourth-order valence-corrected chi connectivity index (χ4v) is 2.63. The third kappa shape index (κ3) is 3.04. The van der Waals surface area contributed by atoms with E-state index < -0.39 is 11.4 Å². The number of rotatable bonds is 4. The van der Waals surface area contributed by atoms with Gasteiger partial charge < -0.3 is 9.15 Å². The molecule has 0 bridgehead atoms. The van der Waals surface area contributed by atoms with Gasteiger partial charge in [0.15, 0.2) is 0 Å². The number of benzene rings is 2. The van der Waals surface area contributed by atoms with E-state index in [2.05, 4.69) is 0 Å². The van der Waals surface area contributed by atoms with Crippen LogP contribution >= 0.6 is 0 Å². The molecule has 3 aromatic rings. The Morgan fingerprint density at radius 2 is 1.87 bits per heavy atom. The number of ether oxygens (including phenoxy) is 1. The molecule has 118 valence electrons. The van der Waals surface area contributed by atoms with Crippen LogP contribution in [0.3, 0.4) is 0 Å². The molecule has 0 aliphatic heterocycles. The van der Waals surface area contributed by atoms with E-state index in [0.717, 1.165) is 16.9 Å². The Kier molecular flexibility index (Phi) is 4.02. The zero-order chi connectivity index (χ0) is 16.4. The second-order valence-corrected chi connectivity index (χ2v) is 5.44. The highest BCUT2D eigenvalue weighted by atomic mass is 16.5. The number of aryl methyl sites for hydroxylation is 2. The summed E-state index contributed by atoms with van der Waals surface area (Å²) in [4.78, 5) is 23.9. The standard InChI is InChI=1S/C18H17NO4/c1-12-5-3-7-14(11-12)22-10-9-19-16-13(2)6-4-8-15(16)17(20)23-18(19)21/h3-8,11H,9-10H2,1-2H3. The SMILES string of the molecule is Cc1cccc(OCCn2c(=O)oc(=O)c3cccc(C)c32)c1. The fourth-order valence-electron chi connectivity index (χ4n) is 2.63. The van der Waals surface area contributed by atoms with Gasteiger partial charge in [0.1, 0.15) is 12.4 Å². The lowest BCUT2D eigenvalue weighted by Gasteiger charge is -2.11. The quantitative estimate of drug-likeness (QED) is 0.743. The summed E-state index contributed by atoms with van der Waals surface area (Å²) in [6, 6.07) is 13.0. The Morgan fingerprint density at radius 1 is 1.09 bits per heavy atom. The lowest BCUT2D eigenvalue weighted by molar-refractivity contribution is 0.287. The number of nitrogens with zero attached hydrogens (tertiary/aromatic N) is 1. The van der Waals surface area contributed by atoms with Crippen LogP contribution in [0.1, 0.15) is 11.1 Å². The largest absolute Gasteiger partial charge is 0.492 e. The molecule has 0 saturated carbocycles. The molecule has 0 fully saturated rings. The van der Waals surface area contributed by atoms with Gasteiger partial charge in [-0.3, -0.25) is 4.57 Å². The van der Waals surface area contributed by atoms with Gasteiger partial charge in [-0.2, -0.15) is 0 Å². The number of hydrogen-bond donors (Lipinski definition) is 0. The van der Waals surface area contributed by atoms with Crippen LogP contribution in [0.15, 0.2) is 56.5 Å². The number of hydrogen-bond acceptors (Lipinski definition) is 4. The second kappa shape index (κ2) is 6.12. The Hall–Kier alpha value is -2.82. The molecule has 0 spiro atoms. The van der Waals surface area contributed by atoms with Crippen molar-refractivity contribution in [3.63, 3.8) is 0 Å².